The molecule has 0 bridgehead atoms. The first-order chi connectivity index (χ1) is 8.70. The maximum absolute atomic E-state index is 9.78. The zero-order valence-electron chi connectivity index (χ0n) is 11.2. The van der Waals surface area contributed by atoms with Crippen molar-refractivity contribution in [3.05, 3.63) is 23.8 Å². The molecule has 1 atom stereocenters. The molecule has 0 aliphatic heterocycles. The van der Waals surface area contributed by atoms with E-state index in [0.29, 0.717) is 0 Å². The fourth-order valence-electron chi connectivity index (χ4n) is 2.45. The van der Waals surface area contributed by atoms with Crippen LogP contribution in [0.1, 0.15) is 50.7 Å². The zero-order valence-corrected chi connectivity index (χ0v) is 11.2. The van der Waals surface area contributed by atoms with E-state index in [0.717, 1.165) is 29.9 Å². The Bertz CT molecular complexity index is 381. The van der Waals surface area contributed by atoms with Gasteiger partial charge in [0.15, 0.2) is 0 Å². The number of aliphatic hydroxyl groups excluding tert-OH is 1. The molecule has 0 unspecified atom stereocenters. The van der Waals surface area contributed by atoms with Crippen LogP contribution in [-0.4, -0.2) is 18.3 Å². The van der Waals surface area contributed by atoms with Crippen molar-refractivity contribution in [3.63, 3.8) is 0 Å². The van der Waals surface area contributed by atoms with E-state index in [1.807, 2.05) is 18.2 Å². The van der Waals surface area contributed by atoms with Crippen LogP contribution in [0.5, 0.6) is 11.5 Å². The first-order valence-electron chi connectivity index (χ1n) is 6.73. The second-order valence-electron chi connectivity index (χ2n) is 4.96. The highest BCUT2D eigenvalue weighted by Gasteiger charge is 2.18. The Labute approximate surface area is 109 Å². The van der Waals surface area contributed by atoms with Crippen LogP contribution in [0.2, 0.25) is 0 Å². The van der Waals surface area contributed by atoms with E-state index >= 15 is 0 Å². The van der Waals surface area contributed by atoms with Gasteiger partial charge in [-0.3, -0.25) is 0 Å². The molecule has 1 aromatic rings. The van der Waals surface area contributed by atoms with Gasteiger partial charge < -0.3 is 14.6 Å². The maximum Gasteiger partial charge on any atom is 0.129 e. The van der Waals surface area contributed by atoms with Crippen LogP contribution in [-0.2, 0) is 0 Å². The summed E-state index contributed by atoms with van der Waals surface area (Å²) < 4.78 is 11.3. The Balaban J connectivity index is 2.17. The first kappa shape index (κ1) is 13.2. The smallest absolute Gasteiger partial charge is 0.129 e. The van der Waals surface area contributed by atoms with E-state index in [9.17, 15) is 5.11 Å². The van der Waals surface area contributed by atoms with Crippen molar-refractivity contribution in [2.45, 2.75) is 51.2 Å². The van der Waals surface area contributed by atoms with Crippen molar-refractivity contribution < 1.29 is 14.6 Å². The summed E-state index contributed by atoms with van der Waals surface area (Å²) in [6.45, 7) is 1.76. The first-order valence-corrected chi connectivity index (χ1v) is 6.73. The second-order valence-corrected chi connectivity index (χ2v) is 4.96. The van der Waals surface area contributed by atoms with Gasteiger partial charge in [0.25, 0.3) is 0 Å². The lowest BCUT2D eigenvalue weighted by Gasteiger charge is -2.25. The predicted molar refractivity (Wildman–Crippen MR) is 71.1 cm³/mol. The molecule has 1 aromatic carbocycles. The van der Waals surface area contributed by atoms with Gasteiger partial charge in [-0.2, -0.15) is 0 Å². The Kier molecular flexibility index (Phi) is 4.48. The Morgan fingerprint density at radius 1 is 1.22 bits per heavy atom. The number of hydrogen-bond acceptors (Lipinski definition) is 3. The Hall–Kier alpha value is -1.22. The highest BCUT2D eigenvalue weighted by Crippen LogP contribution is 2.32. The minimum Gasteiger partial charge on any atom is -0.497 e. The van der Waals surface area contributed by atoms with Crippen LogP contribution in [0.15, 0.2) is 18.2 Å². The Morgan fingerprint density at radius 3 is 2.56 bits per heavy atom. The molecule has 3 nitrogen and oxygen atoms in total. The minimum atomic E-state index is -0.519. The van der Waals surface area contributed by atoms with Crippen molar-refractivity contribution in [1.82, 2.24) is 0 Å². The monoisotopic (exact) mass is 250 g/mol. The molecule has 1 aliphatic carbocycles. The van der Waals surface area contributed by atoms with Crippen molar-refractivity contribution in [2.75, 3.05) is 7.11 Å². The van der Waals surface area contributed by atoms with Crippen LogP contribution >= 0.6 is 0 Å². The summed E-state index contributed by atoms with van der Waals surface area (Å²) in [5.74, 6) is 1.53. The summed E-state index contributed by atoms with van der Waals surface area (Å²) in [5.41, 5.74) is 0.835. The third-order valence-electron chi connectivity index (χ3n) is 3.52. The highest BCUT2D eigenvalue weighted by atomic mass is 16.5. The van der Waals surface area contributed by atoms with E-state index < -0.39 is 6.10 Å². The summed E-state index contributed by atoms with van der Waals surface area (Å²) in [5, 5.41) is 9.78. The van der Waals surface area contributed by atoms with Gasteiger partial charge in [0, 0.05) is 11.6 Å². The standard InChI is InChI=1S/C15H22O3/c1-11(16)14-9-8-13(17-2)10-15(14)18-12-6-4-3-5-7-12/h8-12,16H,3-7H2,1-2H3/t11-/m1/s1. The van der Waals surface area contributed by atoms with E-state index in [2.05, 4.69) is 0 Å². The number of hydrogen-bond donors (Lipinski definition) is 1. The molecule has 1 saturated carbocycles. The molecular formula is C15H22O3. The number of aliphatic hydroxyl groups is 1. The lowest BCUT2D eigenvalue weighted by molar-refractivity contribution is 0.141. The fraction of sp³-hybridized carbons (Fsp3) is 0.600. The van der Waals surface area contributed by atoms with Crippen molar-refractivity contribution in [3.8, 4) is 11.5 Å². The van der Waals surface area contributed by atoms with Gasteiger partial charge >= 0.3 is 0 Å². The molecule has 0 radical (unpaired) electrons. The van der Waals surface area contributed by atoms with Gasteiger partial charge in [-0.05, 0) is 44.7 Å². The van der Waals surface area contributed by atoms with Crippen LogP contribution in [0, 0.1) is 0 Å². The van der Waals surface area contributed by atoms with Gasteiger partial charge in [-0.25, -0.2) is 0 Å². The van der Waals surface area contributed by atoms with E-state index in [1.165, 1.54) is 19.3 Å². The molecule has 0 amide bonds. The van der Waals surface area contributed by atoms with E-state index in [4.69, 9.17) is 9.47 Å². The summed E-state index contributed by atoms with van der Waals surface area (Å²) in [6.07, 6.45) is 5.75. The van der Waals surface area contributed by atoms with Gasteiger partial charge in [0.05, 0.1) is 19.3 Å². The molecule has 0 aromatic heterocycles. The molecule has 1 N–H and O–H groups in total. The molecule has 3 heteroatoms. The normalized spacial score (nSPS) is 18.4. The van der Waals surface area contributed by atoms with E-state index in [1.54, 1.807) is 14.0 Å². The van der Waals surface area contributed by atoms with Gasteiger partial charge in [-0.15, -0.1) is 0 Å². The zero-order chi connectivity index (χ0) is 13.0. The van der Waals surface area contributed by atoms with Crippen LogP contribution < -0.4 is 9.47 Å². The van der Waals surface area contributed by atoms with Crippen molar-refractivity contribution >= 4 is 0 Å². The fourth-order valence-corrected chi connectivity index (χ4v) is 2.45. The minimum absolute atomic E-state index is 0.281. The third-order valence-corrected chi connectivity index (χ3v) is 3.52. The summed E-state index contributed by atoms with van der Waals surface area (Å²) in [4.78, 5) is 0. The number of rotatable bonds is 4. The second kappa shape index (κ2) is 6.10. The van der Waals surface area contributed by atoms with Gasteiger partial charge in [0.1, 0.15) is 11.5 Å². The predicted octanol–water partition coefficient (Wildman–Crippen LogP) is 3.46. The molecule has 0 saturated heterocycles. The molecule has 18 heavy (non-hydrogen) atoms. The Morgan fingerprint density at radius 2 is 1.94 bits per heavy atom. The van der Waals surface area contributed by atoms with Crippen molar-refractivity contribution in [1.29, 1.82) is 0 Å². The molecule has 0 heterocycles. The average Bonchev–Trinajstić information content (AvgIpc) is 2.39. The number of methoxy groups -OCH3 is 1. The quantitative estimate of drug-likeness (QED) is 0.889. The van der Waals surface area contributed by atoms with Crippen LogP contribution in [0.4, 0.5) is 0 Å². The highest BCUT2D eigenvalue weighted by molar-refractivity contribution is 5.42. The number of benzene rings is 1. The third kappa shape index (κ3) is 3.16. The van der Waals surface area contributed by atoms with E-state index in [-0.39, 0.29) is 6.10 Å². The number of ether oxygens (including phenoxy) is 2. The lowest BCUT2D eigenvalue weighted by Crippen LogP contribution is -2.20. The molecule has 1 aliphatic rings. The maximum atomic E-state index is 9.78. The van der Waals surface area contributed by atoms with Crippen molar-refractivity contribution in [2.24, 2.45) is 0 Å². The molecule has 100 valence electrons. The average molecular weight is 250 g/mol. The van der Waals surface area contributed by atoms with Crippen LogP contribution in [0.3, 0.4) is 0 Å². The van der Waals surface area contributed by atoms with Gasteiger partial charge in [-0.1, -0.05) is 6.42 Å². The SMILES string of the molecule is COc1ccc([C@@H](C)O)c(OC2CCCCC2)c1. The molecule has 1 fully saturated rings. The summed E-state index contributed by atoms with van der Waals surface area (Å²) >= 11 is 0. The van der Waals surface area contributed by atoms with Crippen LogP contribution in [0.25, 0.3) is 0 Å². The topological polar surface area (TPSA) is 38.7 Å². The summed E-state index contributed by atoms with van der Waals surface area (Å²) in [7, 11) is 1.64. The van der Waals surface area contributed by atoms with Gasteiger partial charge in [0.2, 0.25) is 0 Å². The summed E-state index contributed by atoms with van der Waals surface area (Å²) in [6, 6.07) is 5.61. The molecule has 0 spiro atoms. The molecular weight excluding hydrogens is 228 g/mol. The largest absolute Gasteiger partial charge is 0.497 e. The lowest BCUT2D eigenvalue weighted by atomic mass is 9.97. The molecule has 2 rings (SSSR count).